The van der Waals surface area contributed by atoms with Crippen molar-refractivity contribution in [3.05, 3.63) is 56.6 Å². The molecule has 0 radical (unpaired) electrons. The Labute approximate surface area is 123 Å². The Morgan fingerprint density at radius 1 is 1.22 bits per heavy atom. The molecule has 0 atom stereocenters. The first-order chi connectivity index (χ1) is 8.56. The molecule has 0 aliphatic carbocycles. The molecule has 0 heterocycles. The monoisotopic (exact) mass is 373 g/mol. The summed E-state index contributed by atoms with van der Waals surface area (Å²) in [5.74, 6) is -0.209. The highest BCUT2D eigenvalue weighted by atomic mass is 127. The lowest BCUT2D eigenvalue weighted by Gasteiger charge is -2.08. The van der Waals surface area contributed by atoms with Gasteiger partial charge in [0.25, 0.3) is 5.91 Å². The molecule has 5 heteroatoms. The lowest BCUT2D eigenvalue weighted by atomic mass is 10.2. The molecule has 0 saturated carbocycles. The molecule has 0 spiro atoms. The van der Waals surface area contributed by atoms with Crippen LogP contribution in [0.2, 0.25) is 5.02 Å². The van der Waals surface area contributed by atoms with Crippen molar-refractivity contribution in [3.8, 4) is 5.75 Å². The molecule has 1 amide bonds. The van der Waals surface area contributed by atoms with E-state index in [1.807, 2.05) is 0 Å². The number of carbonyl (C=O) groups is 1. The van der Waals surface area contributed by atoms with Gasteiger partial charge in [0.2, 0.25) is 0 Å². The number of anilines is 1. The fourth-order valence-electron chi connectivity index (χ4n) is 1.43. The number of nitrogens with one attached hydrogen (secondary N) is 1. The van der Waals surface area contributed by atoms with Crippen LogP contribution in [0, 0.1) is 3.57 Å². The van der Waals surface area contributed by atoms with Crippen molar-refractivity contribution in [1.82, 2.24) is 0 Å². The largest absolute Gasteiger partial charge is 0.508 e. The van der Waals surface area contributed by atoms with Gasteiger partial charge in [-0.3, -0.25) is 4.79 Å². The second-order valence-corrected chi connectivity index (χ2v) is 5.23. The standard InChI is InChI=1S/C13H9ClINO2/c14-9-4-5-12(11(15)7-9)16-13(18)8-2-1-3-10(17)6-8/h1-7,17H,(H,16,18). The Balaban J connectivity index is 2.21. The van der Waals surface area contributed by atoms with Crippen molar-refractivity contribution in [2.75, 3.05) is 5.32 Å². The van der Waals surface area contributed by atoms with Crippen LogP contribution in [-0.2, 0) is 0 Å². The van der Waals surface area contributed by atoms with Crippen LogP contribution in [0.15, 0.2) is 42.5 Å². The SMILES string of the molecule is O=C(Nc1ccc(Cl)cc1I)c1cccc(O)c1. The Morgan fingerprint density at radius 2 is 2.00 bits per heavy atom. The van der Waals surface area contributed by atoms with E-state index in [1.165, 1.54) is 12.1 Å². The van der Waals surface area contributed by atoms with Crippen LogP contribution in [0.25, 0.3) is 0 Å². The molecular formula is C13H9ClINO2. The van der Waals surface area contributed by atoms with E-state index < -0.39 is 0 Å². The average molecular weight is 374 g/mol. The van der Waals surface area contributed by atoms with E-state index in [9.17, 15) is 9.90 Å². The maximum Gasteiger partial charge on any atom is 0.255 e. The van der Waals surface area contributed by atoms with Crippen molar-refractivity contribution >= 4 is 45.8 Å². The van der Waals surface area contributed by atoms with Gasteiger partial charge in [0.1, 0.15) is 5.75 Å². The number of rotatable bonds is 2. The number of phenolic OH excluding ortho intramolecular Hbond substituents is 1. The number of benzene rings is 2. The van der Waals surface area contributed by atoms with Crippen LogP contribution in [0.4, 0.5) is 5.69 Å². The van der Waals surface area contributed by atoms with Gasteiger partial charge in [0.05, 0.1) is 5.69 Å². The molecule has 0 aromatic heterocycles. The van der Waals surface area contributed by atoms with E-state index in [2.05, 4.69) is 27.9 Å². The number of halogens is 2. The molecule has 0 aliphatic heterocycles. The summed E-state index contributed by atoms with van der Waals surface area (Å²) >= 11 is 7.94. The third-order valence-corrected chi connectivity index (χ3v) is 3.42. The molecule has 0 unspecified atom stereocenters. The quantitative estimate of drug-likeness (QED) is 0.784. The first-order valence-corrected chi connectivity index (χ1v) is 6.57. The lowest BCUT2D eigenvalue weighted by molar-refractivity contribution is 0.102. The van der Waals surface area contributed by atoms with Gasteiger partial charge in [0.15, 0.2) is 0 Å². The molecule has 2 aromatic carbocycles. The third kappa shape index (κ3) is 3.14. The minimum absolute atomic E-state index is 0.0634. The minimum atomic E-state index is -0.272. The number of phenols is 1. The molecule has 2 rings (SSSR count). The first kappa shape index (κ1) is 13.2. The molecule has 0 bridgehead atoms. The summed E-state index contributed by atoms with van der Waals surface area (Å²) in [6.07, 6.45) is 0. The number of hydrogen-bond donors (Lipinski definition) is 2. The fraction of sp³-hybridized carbons (Fsp3) is 0. The summed E-state index contributed by atoms with van der Waals surface area (Å²) in [6, 6.07) is 11.4. The van der Waals surface area contributed by atoms with Gasteiger partial charge in [-0.1, -0.05) is 17.7 Å². The summed E-state index contributed by atoms with van der Waals surface area (Å²) in [5.41, 5.74) is 1.09. The van der Waals surface area contributed by atoms with Gasteiger partial charge < -0.3 is 10.4 Å². The van der Waals surface area contributed by atoms with Crippen molar-refractivity contribution in [2.24, 2.45) is 0 Å². The van der Waals surface area contributed by atoms with Gasteiger partial charge in [0, 0.05) is 14.2 Å². The Morgan fingerprint density at radius 3 is 2.67 bits per heavy atom. The highest BCUT2D eigenvalue weighted by Gasteiger charge is 2.08. The zero-order valence-corrected chi connectivity index (χ0v) is 12.1. The number of aromatic hydroxyl groups is 1. The molecule has 2 N–H and O–H groups in total. The second-order valence-electron chi connectivity index (χ2n) is 3.63. The Bertz CT molecular complexity index is 601. The highest BCUT2D eigenvalue weighted by molar-refractivity contribution is 14.1. The van der Waals surface area contributed by atoms with Gasteiger partial charge in [-0.25, -0.2) is 0 Å². The van der Waals surface area contributed by atoms with Gasteiger partial charge in [-0.05, 0) is 59.0 Å². The van der Waals surface area contributed by atoms with Crippen molar-refractivity contribution in [3.63, 3.8) is 0 Å². The Kier molecular flexibility index (Phi) is 4.08. The summed E-state index contributed by atoms with van der Waals surface area (Å²) < 4.78 is 0.855. The predicted octanol–water partition coefficient (Wildman–Crippen LogP) is 3.90. The summed E-state index contributed by atoms with van der Waals surface area (Å²) in [5, 5.41) is 12.7. The number of amides is 1. The van der Waals surface area contributed by atoms with Gasteiger partial charge in [-0.15, -0.1) is 0 Å². The van der Waals surface area contributed by atoms with Crippen molar-refractivity contribution in [2.45, 2.75) is 0 Å². The molecular weight excluding hydrogens is 365 g/mol. The molecule has 18 heavy (non-hydrogen) atoms. The lowest BCUT2D eigenvalue weighted by Crippen LogP contribution is -2.12. The normalized spacial score (nSPS) is 10.1. The van der Waals surface area contributed by atoms with Gasteiger partial charge >= 0.3 is 0 Å². The molecule has 92 valence electrons. The number of carbonyl (C=O) groups excluding carboxylic acids is 1. The van der Waals surface area contributed by atoms with E-state index >= 15 is 0 Å². The fourth-order valence-corrected chi connectivity index (χ4v) is 2.44. The zero-order valence-electron chi connectivity index (χ0n) is 9.15. The average Bonchev–Trinajstić information content (AvgIpc) is 2.32. The van der Waals surface area contributed by atoms with E-state index in [0.717, 1.165) is 3.57 Å². The van der Waals surface area contributed by atoms with Crippen LogP contribution in [0.5, 0.6) is 5.75 Å². The Hall–Kier alpha value is -1.27. The molecule has 3 nitrogen and oxygen atoms in total. The maximum absolute atomic E-state index is 11.9. The van der Waals surface area contributed by atoms with Crippen LogP contribution >= 0.6 is 34.2 Å². The van der Waals surface area contributed by atoms with Crippen molar-refractivity contribution < 1.29 is 9.90 Å². The van der Waals surface area contributed by atoms with E-state index in [1.54, 1.807) is 30.3 Å². The van der Waals surface area contributed by atoms with Crippen LogP contribution < -0.4 is 5.32 Å². The molecule has 0 saturated heterocycles. The second kappa shape index (κ2) is 5.58. The highest BCUT2D eigenvalue weighted by Crippen LogP contribution is 2.23. The summed E-state index contributed by atoms with van der Waals surface area (Å²) in [4.78, 5) is 11.9. The van der Waals surface area contributed by atoms with Crippen LogP contribution in [-0.4, -0.2) is 11.0 Å². The van der Waals surface area contributed by atoms with Crippen LogP contribution in [0.1, 0.15) is 10.4 Å². The first-order valence-electron chi connectivity index (χ1n) is 5.12. The summed E-state index contributed by atoms with van der Waals surface area (Å²) in [7, 11) is 0. The zero-order chi connectivity index (χ0) is 13.1. The van der Waals surface area contributed by atoms with E-state index in [4.69, 9.17) is 11.6 Å². The maximum atomic E-state index is 11.9. The van der Waals surface area contributed by atoms with Crippen LogP contribution in [0.3, 0.4) is 0 Å². The van der Waals surface area contributed by atoms with Crippen molar-refractivity contribution in [1.29, 1.82) is 0 Å². The van der Waals surface area contributed by atoms with E-state index in [0.29, 0.717) is 16.3 Å². The predicted molar refractivity (Wildman–Crippen MR) is 80.2 cm³/mol. The molecule has 0 fully saturated rings. The van der Waals surface area contributed by atoms with Gasteiger partial charge in [-0.2, -0.15) is 0 Å². The third-order valence-electron chi connectivity index (χ3n) is 2.29. The van der Waals surface area contributed by atoms with E-state index in [-0.39, 0.29) is 11.7 Å². The minimum Gasteiger partial charge on any atom is -0.508 e. The molecule has 2 aromatic rings. The summed E-state index contributed by atoms with van der Waals surface area (Å²) in [6.45, 7) is 0. The number of hydrogen-bond acceptors (Lipinski definition) is 2. The molecule has 0 aliphatic rings. The smallest absolute Gasteiger partial charge is 0.255 e. The topological polar surface area (TPSA) is 49.3 Å².